The zero-order chi connectivity index (χ0) is 22.7. The first-order valence-corrected chi connectivity index (χ1v) is 11.1. The predicted octanol–water partition coefficient (Wildman–Crippen LogP) is 2.10. The van der Waals surface area contributed by atoms with Crippen molar-refractivity contribution in [1.29, 1.82) is 0 Å². The maximum absolute atomic E-state index is 13.0. The summed E-state index contributed by atoms with van der Waals surface area (Å²) in [6, 6.07) is 5.49. The Hall–Kier alpha value is -2.42. The van der Waals surface area contributed by atoms with E-state index >= 15 is 0 Å². The lowest BCUT2D eigenvalue weighted by molar-refractivity contribution is -0.149. The quantitative estimate of drug-likeness (QED) is 0.345. The average Bonchev–Trinajstić information content (AvgIpc) is 2.65. The zero-order valence-corrected chi connectivity index (χ0v) is 18.5. The Morgan fingerprint density at radius 2 is 1.73 bits per heavy atom. The second kappa shape index (κ2) is 12.3. The molecule has 30 heavy (non-hydrogen) atoms. The fourth-order valence-electron chi connectivity index (χ4n) is 2.22. The molecule has 1 unspecified atom stereocenters. The second-order valence-electron chi connectivity index (χ2n) is 6.79. The average molecular weight is 444 g/mol. The van der Waals surface area contributed by atoms with Gasteiger partial charge in [0.15, 0.2) is 0 Å². The molecule has 3 N–H and O–H groups in total. The summed E-state index contributed by atoms with van der Waals surface area (Å²) < 4.78 is 33.7. The number of esters is 2. The van der Waals surface area contributed by atoms with Gasteiger partial charge in [-0.3, -0.25) is 18.9 Å². The van der Waals surface area contributed by atoms with Gasteiger partial charge in [0.2, 0.25) is 5.91 Å². The molecule has 0 spiro atoms. The van der Waals surface area contributed by atoms with Crippen LogP contribution in [0.5, 0.6) is 5.75 Å². The van der Waals surface area contributed by atoms with Crippen LogP contribution in [0.1, 0.15) is 39.2 Å². The highest BCUT2D eigenvalue weighted by molar-refractivity contribution is 7.57. The summed E-state index contributed by atoms with van der Waals surface area (Å²) in [4.78, 5) is 34.2. The summed E-state index contributed by atoms with van der Waals surface area (Å²) in [5, 5.41) is 2.65. The molecule has 0 radical (unpaired) electrons. The topological polar surface area (TPSA) is 143 Å². The van der Waals surface area contributed by atoms with Crippen LogP contribution >= 0.6 is 7.52 Å². The van der Waals surface area contributed by atoms with Crippen LogP contribution in [-0.4, -0.2) is 43.4 Å². The van der Waals surface area contributed by atoms with Gasteiger partial charge in [-0.2, -0.15) is 0 Å². The van der Waals surface area contributed by atoms with E-state index in [-0.39, 0.29) is 37.6 Å². The monoisotopic (exact) mass is 444 g/mol. The molecule has 0 aromatic heterocycles. The standard InChI is InChI=1S/C19H29N2O8P/c1-13(2)28-19(24)14(3)21-30(25,12-26-4)29-16-7-5-15(6-8-16)11-27-18(23)10-9-17(20)22/h5-8,13-14H,9-12H2,1-4H3,(H2,20,22)(H,21,25)/t14-,30?/m0/s1. The van der Waals surface area contributed by atoms with E-state index in [9.17, 15) is 18.9 Å². The molecule has 168 valence electrons. The summed E-state index contributed by atoms with van der Waals surface area (Å²) in [6.45, 7) is 4.95. The van der Waals surface area contributed by atoms with E-state index in [1.54, 1.807) is 38.1 Å². The van der Waals surface area contributed by atoms with Gasteiger partial charge >= 0.3 is 19.5 Å². The molecule has 0 aliphatic carbocycles. The summed E-state index contributed by atoms with van der Waals surface area (Å²) in [5.74, 6) is -1.39. The molecule has 0 saturated heterocycles. The van der Waals surface area contributed by atoms with Gasteiger partial charge in [-0.1, -0.05) is 12.1 Å². The van der Waals surface area contributed by atoms with Gasteiger partial charge < -0.3 is 24.5 Å². The summed E-state index contributed by atoms with van der Waals surface area (Å²) in [5.41, 5.74) is 5.65. The normalized spacial score (nSPS) is 13.9. The molecular formula is C19H29N2O8P. The molecule has 0 aliphatic heterocycles. The predicted molar refractivity (Wildman–Crippen MR) is 109 cm³/mol. The molecule has 1 rings (SSSR count). The molecule has 2 atom stereocenters. The highest BCUT2D eigenvalue weighted by atomic mass is 31.2. The summed E-state index contributed by atoms with van der Waals surface area (Å²) in [6.07, 6.45) is -0.719. The molecule has 1 aromatic carbocycles. The van der Waals surface area contributed by atoms with Crippen molar-refractivity contribution in [3.63, 3.8) is 0 Å². The maximum atomic E-state index is 13.0. The van der Waals surface area contributed by atoms with Crippen molar-refractivity contribution in [2.24, 2.45) is 5.73 Å². The molecule has 1 aromatic rings. The zero-order valence-electron chi connectivity index (χ0n) is 17.6. The Morgan fingerprint density at radius 1 is 1.10 bits per heavy atom. The number of nitrogens with one attached hydrogen (secondary N) is 1. The number of carbonyl (C=O) groups is 3. The fourth-order valence-corrected chi connectivity index (χ4v) is 3.90. The van der Waals surface area contributed by atoms with E-state index < -0.39 is 31.4 Å². The first-order chi connectivity index (χ1) is 14.0. The van der Waals surface area contributed by atoms with Gasteiger partial charge in [0.1, 0.15) is 24.7 Å². The fraction of sp³-hybridized carbons (Fsp3) is 0.526. The van der Waals surface area contributed by atoms with Crippen LogP contribution in [0.2, 0.25) is 0 Å². The smallest absolute Gasteiger partial charge is 0.342 e. The van der Waals surface area contributed by atoms with Crippen LogP contribution in [0.25, 0.3) is 0 Å². The van der Waals surface area contributed by atoms with Gasteiger partial charge in [-0.05, 0) is 38.5 Å². The number of methoxy groups -OCH3 is 1. The minimum absolute atomic E-state index is 0.00390. The lowest BCUT2D eigenvalue weighted by atomic mass is 10.2. The van der Waals surface area contributed by atoms with Gasteiger partial charge in [0, 0.05) is 13.5 Å². The van der Waals surface area contributed by atoms with Crippen LogP contribution in [0.15, 0.2) is 24.3 Å². The summed E-state index contributed by atoms with van der Waals surface area (Å²) in [7, 11) is -2.20. The van der Waals surface area contributed by atoms with Crippen LogP contribution in [-0.2, 0) is 39.8 Å². The third-order valence-corrected chi connectivity index (χ3v) is 5.43. The Balaban J connectivity index is 2.68. The van der Waals surface area contributed by atoms with Gasteiger partial charge in [0.05, 0.1) is 12.5 Å². The lowest BCUT2D eigenvalue weighted by Gasteiger charge is -2.23. The van der Waals surface area contributed by atoms with Crippen molar-refractivity contribution < 1.29 is 37.7 Å². The van der Waals surface area contributed by atoms with E-state index in [0.29, 0.717) is 5.56 Å². The molecule has 11 heteroatoms. The third kappa shape index (κ3) is 9.87. The molecular weight excluding hydrogens is 415 g/mol. The first-order valence-electron chi connectivity index (χ1n) is 9.33. The van der Waals surface area contributed by atoms with E-state index in [1.807, 2.05) is 0 Å². The van der Waals surface area contributed by atoms with Crippen LogP contribution in [0.4, 0.5) is 0 Å². The van der Waals surface area contributed by atoms with E-state index in [4.69, 9.17) is 24.5 Å². The molecule has 0 aliphatic rings. The number of hydrogen-bond acceptors (Lipinski definition) is 8. The van der Waals surface area contributed by atoms with Crippen molar-refractivity contribution >= 4 is 25.4 Å². The van der Waals surface area contributed by atoms with Gasteiger partial charge in [-0.25, -0.2) is 5.09 Å². The largest absolute Gasteiger partial charge is 0.462 e. The molecule has 1 amide bonds. The number of carbonyl (C=O) groups excluding carboxylic acids is 3. The number of benzene rings is 1. The van der Waals surface area contributed by atoms with Crippen molar-refractivity contribution in [2.75, 3.05) is 13.5 Å². The Morgan fingerprint density at radius 3 is 2.27 bits per heavy atom. The molecule has 0 heterocycles. The van der Waals surface area contributed by atoms with Crippen molar-refractivity contribution in [3.8, 4) is 5.75 Å². The van der Waals surface area contributed by atoms with Crippen LogP contribution < -0.4 is 15.3 Å². The lowest BCUT2D eigenvalue weighted by Crippen LogP contribution is -2.36. The number of nitrogens with two attached hydrogens (primary N) is 1. The number of ether oxygens (including phenoxy) is 3. The first kappa shape index (κ1) is 25.6. The third-order valence-electron chi connectivity index (χ3n) is 3.55. The summed E-state index contributed by atoms with van der Waals surface area (Å²) >= 11 is 0. The number of primary amides is 1. The molecule has 10 nitrogen and oxygen atoms in total. The highest BCUT2D eigenvalue weighted by Gasteiger charge is 2.30. The molecule has 0 bridgehead atoms. The maximum Gasteiger partial charge on any atom is 0.342 e. The second-order valence-corrected chi connectivity index (χ2v) is 8.84. The number of amides is 1. The van der Waals surface area contributed by atoms with E-state index in [1.165, 1.54) is 14.0 Å². The molecule has 0 fully saturated rings. The number of rotatable bonds is 13. The minimum atomic E-state index is -3.56. The minimum Gasteiger partial charge on any atom is -0.462 e. The van der Waals surface area contributed by atoms with Gasteiger partial charge in [0.25, 0.3) is 0 Å². The number of hydrogen-bond donors (Lipinski definition) is 2. The SMILES string of the molecule is COCP(=O)(N[C@@H](C)C(=O)OC(C)C)Oc1ccc(COC(=O)CCC(N)=O)cc1. The van der Waals surface area contributed by atoms with Crippen LogP contribution in [0.3, 0.4) is 0 Å². The van der Waals surface area contributed by atoms with Crippen molar-refractivity contribution in [1.82, 2.24) is 5.09 Å². The van der Waals surface area contributed by atoms with E-state index in [0.717, 1.165) is 0 Å². The molecule has 0 saturated carbocycles. The highest BCUT2D eigenvalue weighted by Crippen LogP contribution is 2.43. The van der Waals surface area contributed by atoms with Crippen molar-refractivity contribution in [2.45, 2.75) is 52.4 Å². The Labute approximate surface area is 175 Å². The van der Waals surface area contributed by atoms with E-state index in [2.05, 4.69) is 5.09 Å². The van der Waals surface area contributed by atoms with Crippen LogP contribution in [0, 0.1) is 0 Å². The van der Waals surface area contributed by atoms with Crippen molar-refractivity contribution in [3.05, 3.63) is 29.8 Å². The Bertz CT molecular complexity index is 766. The Kier molecular flexibility index (Phi) is 10.5. The van der Waals surface area contributed by atoms with Gasteiger partial charge in [-0.15, -0.1) is 0 Å².